The minimum Gasteiger partial charge on any atom is -0.313 e. The SMILES string of the molecule is Cc1nsc(NC(=O)CCNC2CC2)n1. The average Bonchev–Trinajstić information content (AvgIpc) is 2.91. The second-order valence-electron chi connectivity index (χ2n) is 3.67. The predicted octanol–water partition coefficient (Wildman–Crippen LogP) is 0.927. The Morgan fingerprint density at radius 3 is 3.00 bits per heavy atom. The normalized spacial score (nSPS) is 15.3. The van der Waals surface area contributed by atoms with Crippen LogP contribution in [0.1, 0.15) is 25.1 Å². The summed E-state index contributed by atoms with van der Waals surface area (Å²) in [5.41, 5.74) is 0. The molecule has 0 spiro atoms. The highest BCUT2D eigenvalue weighted by Gasteiger charge is 2.20. The summed E-state index contributed by atoms with van der Waals surface area (Å²) in [6.07, 6.45) is 2.99. The lowest BCUT2D eigenvalue weighted by Gasteiger charge is -2.02. The van der Waals surface area contributed by atoms with E-state index in [-0.39, 0.29) is 5.91 Å². The summed E-state index contributed by atoms with van der Waals surface area (Å²) in [4.78, 5) is 15.5. The summed E-state index contributed by atoms with van der Waals surface area (Å²) in [7, 11) is 0. The van der Waals surface area contributed by atoms with E-state index in [9.17, 15) is 4.79 Å². The van der Waals surface area contributed by atoms with Gasteiger partial charge in [-0.15, -0.1) is 0 Å². The van der Waals surface area contributed by atoms with Crippen molar-refractivity contribution in [3.8, 4) is 0 Å². The molecule has 0 aliphatic heterocycles. The second-order valence-corrected chi connectivity index (χ2v) is 4.43. The minimum atomic E-state index is -0.000648. The van der Waals surface area contributed by atoms with E-state index in [1.54, 1.807) is 6.92 Å². The summed E-state index contributed by atoms with van der Waals surface area (Å²) in [5.74, 6) is 0.700. The van der Waals surface area contributed by atoms with Gasteiger partial charge in [0.15, 0.2) is 0 Å². The number of aryl methyl sites for hydroxylation is 1. The van der Waals surface area contributed by atoms with Gasteiger partial charge in [0.05, 0.1) is 0 Å². The van der Waals surface area contributed by atoms with Crippen molar-refractivity contribution in [1.82, 2.24) is 14.7 Å². The van der Waals surface area contributed by atoms with Gasteiger partial charge in [0.2, 0.25) is 11.0 Å². The molecule has 6 heteroatoms. The number of amides is 1. The van der Waals surface area contributed by atoms with Gasteiger partial charge in [0.25, 0.3) is 0 Å². The van der Waals surface area contributed by atoms with E-state index in [0.717, 1.165) is 6.54 Å². The molecular formula is C9H14N4OS. The quantitative estimate of drug-likeness (QED) is 0.783. The first kappa shape index (κ1) is 10.5. The van der Waals surface area contributed by atoms with Crippen molar-refractivity contribution in [1.29, 1.82) is 0 Å². The van der Waals surface area contributed by atoms with Crippen LogP contribution in [0.5, 0.6) is 0 Å². The smallest absolute Gasteiger partial charge is 0.227 e. The summed E-state index contributed by atoms with van der Waals surface area (Å²) >= 11 is 1.22. The van der Waals surface area contributed by atoms with E-state index in [2.05, 4.69) is 20.0 Å². The van der Waals surface area contributed by atoms with Crippen molar-refractivity contribution < 1.29 is 4.79 Å². The molecule has 1 aromatic rings. The number of nitrogens with one attached hydrogen (secondary N) is 2. The molecule has 5 nitrogen and oxygen atoms in total. The Morgan fingerprint density at radius 1 is 1.60 bits per heavy atom. The number of aromatic nitrogens is 2. The fraction of sp³-hybridized carbons (Fsp3) is 0.667. The topological polar surface area (TPSA) is 66.9 Å². The lowest BCUT2D eigenvalue weighted by Crippen LogP contribution is -2.23. The minimum absolute atomic E-state index is 0.000648. The monoisotopic (exact) mass is 226 g/mol. The molecule has 0 saturated heterocycles. The lowest BCUT2D eigenvalue weighted by atomic mass is 10.4. The number of rotatable bonds is 5. The fourth-order valence-corrected chi connectivity index (χ4v) is 1.80. The van der Waals surface area contributed by atoms with Gasteiger partial charge in [0, 0.05) is 30.5 Å². The molecule has 2 rings (SSSR count). The van der Waals surface area contributed by atoms with E-state index in [1.165, 1.54) is 24.4 Å². The van der Waals surface area contributed by atoms with E-state index in [4.69, 9.17) is 0 Å². The zero-order valence-electron chi connectivity index (χ0n) is 8.62. The predicted molar refractivity (Wildman–Crippen MR) is 58.9 cm³/mol. The van der Waals surface area contributed by atoms with Crippen molar-refractivity contribution >= 4 is 22.6 Å². The van der Waals surface area contributed by atoms with Gasteiger partial charge in [-0.3, -0.25) is 4.79 Å². The Hall–Kier alpha value is -1.01. The zero-order chi connectivity index (χ0) is 10.7. The summed E-state index contributed by atoms with van der Waals surface area (Å²) in [5, 5.41) is 6.59. The van der Waals surface area contributed by atoms with Crippen LogP contribution in [0.3, 0.4) is 0 Å². The molecule has 1 aromatic heterocycles. The summed E-state index contributed by atoms with van der Waals surface area (Å²) in [6, 6.07) is 0.654. The first-order valence-corrected chi connectivity index (χ1v) is 5.85. The summed E-state index contributed by atoms with van der Waals surface area (Å²) < 4.78 is 3.99. The number of anilines is 1. The zero-order valence-corrected chi connectivity index (χ0v) is 9.43. The number of hydrogen-bond acceptors (Lipinski definition) is 5. The van der Waals surface area contributed by atoms with Crippen LogP contribution in [0, 0.1) is 6.92 Å². The Bertz CT molecular complexity index is 348. The van der Waals surface area contributed by atoms with Gasteiger partial charge in [-0.05, 0) is 19.8 Å². The van der Waals surface area contributed by atoms with Gasteiger partial charge in [0.1, 0.15) is 5.82 Å². The Kier molecular flexibility index (Phi) is 3.27. The van der Waals surface area contributed by atoms with Crippen LogP contribution >= 0.6 is 11.5 Å². The molecule has 1 amide bonds. The van der Waals surface area contributed by atoms with Crippen LogP contribution in [0.25, 0.3) is 0 Å². The first-order valence-electron chi connectivity index (χ1n) is 5.07. The standard InChI is InChI=1S/C9H14N4OS/c1-6-11-9(15-13-6)12-8(14)4-5-10-7-2-3-7/h7,10H,2-5H2,1H3,(H,11,12,13,14). The van der Waals surface area contributed by atoms with Gasteiger partial charge in [-0.1, -0.05) is 0 Å². The Labute approximate surface area is 92.5 Å². The molecular weight excluding hydrogens is 212 g/mol. The van der Waals surface area contributed by atoms with Crippen molar-refractivity contribution in [3.05, 3.63) is 5.82 Å². The molecule has 0 atom stereocenters. The molecule has 1 aliphatic rings. The average molecular weight is 226 g/mol. The highest BCUT2D eigenvalue weighted by Crippen LogP contribution is 2.18. The van der Waals surface area contributed by atoms with E-state index in [1.807, 2.05) is 0 Å². The Balaban J connectivity index is 1.67. The van der Waals surface area contributed by atoms with Crippen LogP contribution in [0.2, 0.25) is 0 Å². The van der Waals surface area contributed by atoms with E-state index in [0.29, 0.717) is 23.4 Å². The van der Waals surface area contributed by atoms with E-state index >= 15 is 0 Å². The highest BCUT2D eigenvalue weighted by molar-refractivity contribution is 7.09. The number of hydrogen-bond donors (Lipinski definition) is 2. The molecule has 15 heavy (non-hydrogen) atoms. The van der Waals surface area contributed by atoms with Gasteiger partial charge >= 0.3 is 0 Å². The number of carbonyl (C=O) groups excluding carboxylic acids is 1. The van der Waals surface area contributed by atoms with E-state index < -0.39 is 0 Å². The molecule has 1 heterocycles. The van der Waals surface area contributed by atoms with Crippen LogP contribution in [0.15, 0.2) is 0 Å². The molecule has 0 bridgehead atoms. The molecule has 0 unspecified atom stereocenters. The van der Waals surface area contributed by atoms with Crippen LogP contribution in [-0.2, 0) is 4.79 Å². The highest BCUT2D eigenvalue weighted by atomic mass is 32.1. The molecule has 1 aliphatic carbocycles. The maximum atomic E-state index is 11.4. The molecule has 0 aromatic carbocycles. The first-order chi connectivity index (χ1) is 7.24. The van der Waals surface area contributed by atoms with Crippen molar-refractivity contribution in [2.45, 2.75) is 32.2 Å². The number of carbonyl (C=O) groups is 1. The molecule has 2 N–H and O–H groups in total. The second kappa shape index (κ2) is 4.67. The maximum absolute atomic E-state index is 11.4. The van der Waals surface area contributed by atoms with Gasteiger partial charge < -0.3 is 10.6 Å². The lowest BCUT2D eigenvalue weighted by molar-refractivity contribution is -0.116. The van der Waals surface area contributed by atoms with Crippen molar-refractivity contribution in [2.24, 2.45) is 0 Å². The van der Waals surface area contributed by atoms with Crippen LogP contribution in [-0.4, -0.2) is 27.9 Å². The Morgan fingerprint density at radius 2 is 2.40 bits per heavy atom. The van der Waals surface area contributed by atoms with Gasteiger partial charge in [-0.25, -0.2) is 4.98 Å². The molecule has 1 fully saturated rings. The maximum Gasteiger partial charge on any atom is 0.227 e. The molecule has 0 radical (unpaired) electrons. The third-order valence-corrected chi connectivity index (χ3v) is 2.86. The van der Waals surface area contributed by atoms with Gasteiger partial charge in [-0.2, -0.15) is 4.37 Å². The molecule has 82 valence electrons. The largest absolute Gasteiger partial charge is 0.313 e. The van der Waals surface area contributed by atoms with Crippen LogP contribution < -0.4 is 10.6 Å². The van der Waals surface area contributed by atoms with Crippen molar-refractivity contribution in [3.63, 3.8) is 0 Å². The van der Waals surface area contributed by atoms with Crippen molar-refractivity contribution in [2.75, 3.05) is 11.9 Å². The molecule has 1 saturated carbocycles. The number of nitrogens with zero attached hydrogens (tertiary/aromatic N) is 2. The third-order valence-electron chi connectivity index (χ3n) is 2.14. The third kappa shape index (κ3) is 3.56. The van der Waals surface area contributed by atoms with Crippen LogP contribution in [0.4, 0.5) is 5.13 Å². The fourth-order valence-electron chi connectivity index (χ4n) is 1.21. The summed E-state index contributed by atoms with van der Waals surface area (Å²) in [6.45, 7) is 2.55.